The number of carbonyl (C=O) groups is 2. The van der Waals surface area contributed by atoms with E-state index in [4.69, 9.17) is 28.4 Å². The Labute approximate surface area is 334 Å². The number of carbonyl (C=O) groups excluding carboxylic acids is 2. The summed E-state index contributed by atoms with van der Waals surface area (Å²) in [7, 11) is 3.00. The van der Waals surface area contributed by atoms with Crippen LogP contribution in [0.2, 0.25) is 0 Å². The number of piperazine rings is 1. The van der Waals surface area contributed by atoms with Gasteiger partial charge >= 0.3 is 11.9 Å². The summed E-state index contributed by atoms with van der Waals surface area (Å²) in [4.78, 5) is 32.2. The highest BCUT2D eigenvalue weighted by atomic mass is 32.2. The summed E-state index contributed by atoms with van der Waals surface area (Å²) < 4.78 is 36.2. The molecule has 0 amide bonds. The average Bonchev–Trinajstić information content (AvgIpc) is 3.68. The molecule has 7 aliphatic heterocycles. The average molecular weight is 797 g/mol. The van der Waals surface area contributed by atoms with Crippen molar-refractivity contribution >= 4 is 23.7 Å². The van der Waals surface area contributed by atoms with Crippen LogP contribution in [0.3, 0.4) is 0 Å². The van der Waals surface area contributed by atoms with Crippen LogP contribution in [0.5, 0.6) is 40.2 Å². The molecule has 0 radical (unpaired) electrons. The summed E-state index contributed by atoms with van der Waals surface area (Å²) in [5, 5.41) is 37.2. The van der Waals surface area contributed by atoms with Crippen molar-refractivity contribution in [2.24, 2.45) is 0 Å². The van der Waals surface area contributed by atoms with Crippen LogP contribution >= 0.6 is 11.8 Å². The zero-order chi connectivity index (χ0) is 40.1. The second kappa shape index (κ2) is 13.8. The van der Waals surface area contributed by atoms with Crippen molar-refractivity contribution in [1.29, 1.82) is 5.26 Å². The maximum atomic E-state index is 14.8. The number of aromatic hydroxyl groups is 2. The predicted molar refractivity (Wildman–Crippen MR) is 207 cm³/mol. The van der Waals surface area contributed by atoms with E-state index in [1.54, 1.807) is 12.1 Å². The summed E-state index contributed by atoms with van der Waals surface area (Å²) in [6.07, 6.45) is 2.82. The van der Waals surface area contributed by atoms with Crippen LogP contribution in [0, 0.1) is 25.2 Å². The lowest BCUT2D eigenvalue weighted by Crippen LogP contribution is -2.70. The fraction of sp³-hybridized carbons (Fsp3) is 0.452. The first kappa shape index (κ1) is 37.4. The Balaban J connectivity index is 1.35. The van der Waals surface area contributed by atoms with Gasteiger partial charge in [0.1, 0.15) is 18.4 Å². The number of aryl methyl sites for hydroxylation is 1. The van der Waals surface area contributed by atoms with Crippen LogP contribution in [-0.2, 0) is 32.7 Å². The molecular weight excluding hydrogens is 753 g/mol. The van der Waals surface area contributed by atoms with Crippen LogP contribution in [0.15, 0.2) is 30.9 Å². The number of thioether (sulfide) groups is 1. The molecule has 57 heavy (non-hydrogen) atoms. The van der Waals surface area contributed by atoms with Crippen LogP contribution in [-0.4, -0.2) is 96.5 Å². The summed E-state index contributed by atoms with van der Waals surface area (Å²) in [5.41, 5.74) is 4.30. The standard InChI is InChI=1S/C42H44N4O10S/c1-7-10-45-25-12-23-11-19(2)36(52-6)35(49)30(23)33(45)34-40-32-31(39-38(54-18-55-39)20(3)37(32)56-21(4)47)27(46(34)26(25)15-43)16-53-41(50)42(17-57-40)24-14-29(51-5)28(48)13-22(24)8-9-44-42/h7,11,13-14,25-27,33-34,40,44,48-49H,1,8-10,12,16-18H2,2-6H3/t25-,26-,27-,33+,34+,40+,42+/m0/s1. The summed E-state index contributed by atoms with van der Waals surface area (Å²) in [5.74, 6) is 0.869. The van der Waals surface area contributed by atoms with E-state index in [1.165, 1.54) is 32.9 Å². The monoisotopic (exact) mass is 796 g/mol. The van der Waals surface area contributed by atoms with Crippen molar-refractivity contribution in [2.75, 3.05) is 46.5 Å². The Bertz CT molecular complexity index is 2290. The first-order valence-corrected chi connectivity index (χ1v) is 20.1. The van der Waals surface area contributed by atoms with Gasteiger partial charge in [-0.25, -0.2) is 4.79 Å². The number of methoxy groups -OCH3 is 2. The van der Waals surface area contributed by atoms with E-state index >= 15 is 0 Å². The number of phenols is 2. The molecule has 1 spiro atoms. The van der Waals surface area contributed by atoms with Gasteiger partial charge in [-0.1, -0.05) is 12.1 Å². The van der Waals surface area contributed by atoms with Crippen molar-refractivity contribution in [1.82, 2.24) is 15.1 Å². The molecule has 0 aromatic heterocycles. The zero-order valence-electron chi connectivity index (χ0n) is 32.3. The second-order valence-electron chi connectivity index (χ2n) is 15.4. The molecule has 7 heterocycles. The normalized spacial score (nSPS) is 28.2. The molecule has 7 aliphatic rings. The largest absolute Gasteiger partial charge is 0.504 e. The second-order valence-corrected chi connectivity index (χ2v) is 16.5. The molecule has 0 saturated carbocycles. The Morgan fingerprint density at radius 1 is 1.11 bits per heavy atom. The van der Waals surface area contributed by atoms with E-state index in [2.05, 4.69) is 27.8 Å². The highest BCUT2D eigenvalue weighted by Gasteiger charge is 2.62. The Morgan fingerprint density at radius 2 is 1.89 bits per heavy atom. The number of hydrogen-bond acceptors (Lipinski definition) is 15. The first-order valence-electron chi connectivity index (χ1n) is 19.0. The Kier molecular flexibility index (Phi) is 9.04. The minimum atomic E-state index is -1.38. The smallest absolute Gasteiger partial charge is 0.331 e. The number of fused-ring (bicyclic) bond motifs is 9. The third-order valence-corrected chi connectivity index (χ3v) is 14.1. The van der Waals surface area contributed by atoms with Gasteiger partial charge in [-0.05, 0) is 61.1 Å². The molecule has 298 valence electrons. The lowest BCUT2D eigenvalue weighted by atomic mass is 9.71. The fourth-order valence-electron chi connectivity index (χ4n) is 10.4. The van der Waals surface area contributed by atoms with E-state index in [0.29, 0.717) is 76.7 Å². The van der Waals surface area contributed by atoms with Gasteiger partial charge in [-0.15, -0.1) is 18.3 Å². The minimum absolute atomic E-state index is 0.0262. The summed E-state index contributed by atoms with van der Waals surface area (Å²) in [6.45, 7) is 9.75. The third-order valence-electron chi connectivity index (χ3n) is 12.6. The number of nitriles is 1. The maximum Gasteiger partial charge on any atom is 0.331 e. The number of rotatable bonds is 5. The molecule has 10 rings (SSSR count). The number of phenolic OH excluding ortho intramolecular Hbond substituents is 2. The van der Waals surface area contributed by atoms with Crippen molar-refractivity contribution in [3.8, 4) is 46.3 Å². The number of nitrogens with one attached hydrogen (secondary N) is 1. The SMILES string of the molecule is C=CCN1[C@@H]2c3c(cc(C)c(OC)c3O)C[C@H]1[C@H](C#N)N1[C@H]2[C@@H]2SC[C@]3(NCCc4cc(O)c(OC)cc43)C(=O)OC[C@H]1c1c3c(c(C)c(OC(C)=O)c12)OCO3. The van der Waals surface area contributed by atoms with Crippen molar-refractivity contribution in [2.45, 2.75) is 74.6 Å². The highest BCUT2D eigenvalue weighted by molar-refractivity contribution is 7.99. The van der Waals surface area contributed by atoms with E-state index in [0.717, 1.165) is 16.7 Å². The molecule has 3 aromatic rings. The maximum absolute atomic E-state index is 14.8. The molecule has 15 heteroatoms. The molecule has 0 unspecified atom stereocenters. The molecule has 14 nitrogen and oxygen atoms in total. The third kappa shape index (κ3) is 5.26. The van der Waals surface area contributed by atoms with Gasteiger partial charge in [0.25, 0.3) is 0 Å². The van der Waals surface area contributed by atoms with Crippen molar-refractivity contribution < 1.29 is 48.2 Å². The van der Waals surface area contributed by atoms with Crippen LogP contribution < -0.4 is 29.0 Å². The minimum Gasteiger partial charge on any atom is -0.504 e. The van der Waals surface area contributed by atoms with Gasteiger partial charge in [-0.2, -0.15) is 5.26 Å². The number of benzene rings is 3. The summed E-state index contributed by atoms with van der Waals surface area (Å²) >= 11 is 1.47. The van der Waals surface area contributed by atoms with Gasteiger partial charge in [0.2, 0.25) is 6.79 Å². The van der Waals surface area contributed by atoms with Crippen molar-refractivity contribution in [3.05, 3.63) is 75.4 Å². The molecule has 2 saturated heterocycles. The molecule has 3 aromatic carbocycles. The molecule has 0 aliphatic carbocycles. The number of esters is 2. The van der Waals surface area contributed by atoms with Gasteiger partial charge in [0, 0.05) is 60.1 Å². The molecule has 7 atom stereocenters. The topological polar surface area (TPSA) is 172 Å². The Hall–Kier alpha value is -5.14. The number of nitrogens with zero attached hydrogens (tertiary/aromatic N) is 3. The lowest BCUT2D eigenvalue weighted by Gasteiger charge is -2.62. The number of hydrogen-bond donors (Lipinski definition) is 3. The molecule has 4 bridgehead atoms. The van der Waals surface area contributed by atoms with Crippen LogP contribution in [0.25, 0.3) is 0 Å². The highest BCUT2D eigenvalue weighted by Crippen LogP contribution is 2.65. The van der Waals surface area contributed by atoms with E-state index in [9.17, 15) is 25.1 Å². The molecule has 2 fully saturated rings. The summed E-state index contributed by atoms with van der Waals surface area (Å²) in [6, 6.07) is 5.08. The Morgan fingerprint density at radius 3 is 2.61 bits per heavy atom. The predicted octanol–water partition coefficient (Wildman–Crippen LogP) is 4.54. The van der Waals surface area contributed by atoms with E-state index < -0.39 is 46.9 Å². The quantitative estimate of drug-likeness (QED) is 0.187. The number of ether oxygens (including phenoxy) is 6. The van der Waals surface area contributed by atoms with Gasteiger partial charge < -0.3 is 38.6 Å². The van der Waals surface area contributed by atoms with Crippen LogP contribution in [0.4, 0.5) is 0 Å². The van der Waals surface area contributed by atoms with Crippen molar-refractivity contribution in [3.63, 3.8) is 0 Å². The first-order chi connectivity index (χ1) is 27.5. The van der Waals surface area contributed by atoms with E-state index in [-0.39, 0.29) is 42.4 Å². The van der Waals surface area contributed by atoms with Gasteiger partial charge in [0.05, 0.1) is 37.6 Å². The zero-order valence-corrected chi connectivity index (χ0v) is 33.2. The van der Waals surface area contributed by atoms with E-state index in [1.807, 2.05) is 26.0 Å². The van der Waals surface area contributed by atoms with Gasteiger partial charge in [0.15, 0.2) is 40.0 Å². The van der Waals surface area contributed by atoms with Gasteiger partial charge in [-0.3, -0.25) is 19.9 Å². The lowest BCUT2D eigenvalue weighted by molar-refractivity contribution is -0.157. The van der Waals surface area contributed by atoms with Crippen LogP contribution in [0.1, 0.15) is 68.8 Å². The fourth-order valence-corrected chi connectivity index (χ4v) is 12.1. The molecular formula is C42H44N4O10S. The molecule has 3 N–H and O–H groups in total.